The monoisotopic (exact) mass is 537 g/mol. The van der Waals surface area contributed by atoms with Crippen LogP contribution in [0.25, 0.3) is 11.2 Å². The first-order valence-corrected chi connectivity index (χ1v) is 13.0. The summed E-state index contributed by atoms with van der Waals surface area (Å²) in [5, 5.41) is 21.7. The minimum Gasteiger partial charge on any atom is -0.382 e. The average Bonchev–Trinajstić information content (AvgIpc) is 2.96. The predicted molar refractivity (Wildman–Crippen MR) is 98.3 cm³/mol. The lowest BCUT2D eigenvalue weighted by molar-refractivity contribution is -0.174. The fourth-order valence-electron chi connectivity index (χ4n) is 3.52. The zero-order chi connectivity index (χ0) is 24.6. The molecular formula is C11H15FN5O13P3. The Labute approximate surface area is 181 Å². The first-order chi connectivity index (χ1) is 15.0. The van der Waals surface area contributed by atoms with Gasteiger partial charge in [0.05, 0.1) is 6.33 Å². The van der Waals surface area contributed by atoms with Crippen molar-refractivity contribution in [3.05, 3.63) is 12.7 Å². The number of phosphoric acid groups is 3. The molecule has 18 nitrogen and oxygen atoms in total. The van der Waals surface area contributed by atoms with Gasteiger partial charge in [0.1, 0.15) is 30.7 Å². The largest absolute Gasteiger partial charge is 0.490 e. The van der Waals surface area contributed by atoms with Gasteiger partial charge >= 0.3 is 23.5 Å². The van der Waals surface area contributed by atoms with Crippen molar-refractivity contribution in [1.82, 2.24) is 19.5 Å². The molecule has 3 unspecified atom stereocenters. The van der Waals surface area contributed by atoms with Crippen LogP contribution in [0.5, 0.6) is 0 Å². The van der Waals surface area contributed by atoms with E-state index in [1.54, 1.807) is 0 Å². The normalized spacial score (nSPS) is 35.2. The van der Waals surface area contributed by atoms with Gasteiger partial charge in [-0.25, -0.2) is 33.0 Å². The lowest BCUT2D eigenvalue weighted by Gasteiger charge is -2.34. The van der Waals surface area contributed by atoms with Gasteiger partial charge in [0.25, 0.3) is 0 Å². The number of rotatable bonds is 8. The Bertz CT molecular complexity index is 1260. The Morgan fingerprint density at radius 2 is 1.79 bits per heavy atom. The van der Waals surface area contributed by atoms with Crippen molar-refractivity contribution in [2.24, 2.45) is 0 Å². The zero-order valence-corrected chi connectivity index (χ0v) is 18.4. The third kappa shape index (κ3) is 4.04. The van der Waals surface area contributed by atoms with Gasteiger partial charge in [-0.05, 0) is 0 Å². The molecule has 1 saturated carbocycles. The smallest absolute Gasteiger partial charge is 0.382 e. The Kier molecular flexibility index (Phi) is 5.64. The molecular weight excluding hydrogens is 522 g/mol. The van der Waals surface area contributed by atoms with E-state index in [-0.39, 0.29) is 17.0 Å². The molecule has 0 radical (unpaired) electrons. The molecule has 0 amide bonds. The number of anilines is 1. The van der Waals surface area contributed by atoms with Gasteiger partial charge in [-0.3, -0.25) is 9.09 Å². The van der Waals surface area contributed by atoms with E-state index in [0.29, 0.717) is 0 Å². The number of imidazole rings is 1. The summed E-state index contributed by atoms with van der Waals surface area (Å²) < 4.78 is 66.2. The van der Waals surface area contributed by atoms with E-state index < -0.39 is 59.8 Å². The van der Waals surface area contributed by atoms with Crippen LogP contribution in [0.15, 0.2) is 12.7 Å². The fraction of sp³-hybridized carbons (Fsp3) is 0.545. The summed E-state index contributed by atoms with van der Waals surface area (Å²) in [6.45, 7) is -1.68. The molecule has 7 atom stereocenters. The van der Waals surface area contributed by atoms with Gasteiger partial charge in [0.15, 0.2) is 28.9 Å². The molecule has 3 heterocycles. The Morgan fingerprint density at radius 1 is 1.12 bits per heavy atom. The molecule has 0 spiro atoms. The van der Waals surface area contributed by atoms with Crippen molar-refractivity contribution in [3.8, 4) is 0 Å². The van der Waals surface area contributed by atoms with Crippen LogP contribution in [-0.4, -0.2) is 79.4 Å². The van der Waals surface area contributed by atoms with Gasteiger partial charge in [0, 0.05) is 0 Å². The molecule has 1 saturated heterocycles. The maximum absolute atomic E-state index is 14.0. The molecule has 2 aliphatic rings. The van der Waals surface area contributed by atoms with E-state index in [0.717, 1.165) is 17.2 Å². The van der Waals surface area contributed by atoms with Crippen LogP contribution in [0.2, 0.25) is 0 Å². The second-order valence-electron chi connectivity index (χ2n) is 6.99. The van der Waals surface area contributed by atoms with E-state index in [1.807, 2.05) is 0 Å². The van der Waals surface area contributed by atoms with Crippen LogP contribution in [0.3, 0.4) is 0 Å². The maximum atomic E-state index is 14.0. The highest BCUT2D eigenvalue weighted by Crippen LogP contribution is 2.70. The number of ether oxygens (including phenoxy) is 1. The number of aliphatic hydroxyl groups is 2. The fourth-order valence-corrected chi connectivity index (χ4v) is 6.74. The van der Waals surface area contributed by atoms with Crippen LogP contribution in [0.4, 0.5) is 10.2 Å². The number of nitrogens with two attached hydrogens (primary N) is 1. The lowest BCUT2D eigenvalue weighted by Crippen LogP contribution is -2.53. The zero-order valence-electron chi connectivity index (χ0n) is 15.7. The molecule has 8 N–H and O–H groups in total. The van der Waals surface area contributed by atoms with Crippen LogP contribution in [-0.2, 0) is 31.6 Å². The number of fused-ring (bicyclic) bond motifs is 2. The average molecular weight is 537 g/mol. The lowest BCUT2D eigenvalue weighted by atomic mass is 9.94. The van der Waals surface area contributed by atoms with Crippen LogP contribution < -0.4 is 5.73 Å². The first-order valence-electron chi connectivity index (χ1n) is 8.46. The molecule has 2 aromatic heterocycles. The highest BCUT2D eigenvalue weighted by atomic mass is 31.3. The van der Waals surface area contributed by atoms with Gasteiger partial charge < -0.3 is 40.3 Å². The van der Waals surface area contributed by atoms with E-state index in [2.05, 4.69) is 28.1 Å². The van der Waals surface area contributed by atoms with E-state index in [4.69, 9.17) is 20.3 Å². The van der Waals surface area contributed by atoms with Crippen LogP contribution in [0, 0.1) is 0 Å². The summed E-state index contributed by atoms with van der Waals surface area (Å²) in [5.41, 5.74) is 0.233. The highest BCUT2D eigenvalue weighted by molar-refractivity contribution is 7.66. The maximum Gasteiger partial charge on any atom is 0.490 e. The molecule has 33 heavy (non-hydrogen) atoms. The molecule has 184 valence electrons. The molecule has 1 aliphatic heterocycles. The molecule has 0 aromatic carbocycles. The van der Waals surface area contributed by atoms with Crippen LogP contribution >= 0.6 is 23.5 Å². The summed E-state index contributed by atoms with van der Waals surface area (Å²) in [4.78, 5) is 47.4. The van der Waals surface area contributed by atoms with Crippen molar-refractivity contribution < 1.29 is 65.8 Å². The Morgan fingerprint density at radius 3 is 2.39 bits per heavy atom. The van der Waals surface area contributed by atoms with Crippen molar-refractivity contribution in [3.63, 3.8) is 0 Å². The summed E-state index contributed by atoms with van der Waals surface area (Å²) in [7, 11) is -17.2. The molecule has 2 aromatic rings. The standard InChI is InChI=1S/C11H15FN5O13P3/c12-1-10(18)9(17-3-16-4-7(13)14-2-15-8(4)17)27-5-6(11(5,10)19)28-32(23,24)30-33(25,26)29-31(20,21)22/h2-3,5-6,9,18-19H,1H2,(H,23,24)(H,25,26)(H2,13,14,15)(H2,20,21,22)/t5-,6?,9-,10+,11+/m1/s1. The number of alkyl halides is 1. The third-order valence-electron chi connectivity index (χ3n) is 4.92. The minimum atomic E-state index is -5.84. The quantitative estimate of drug-likeness (QED) is 0.188. The Balaban J connectivity index is 1.57. The first kappa shape index (κ1) is 24.7. The van der Waals surface area contributed by atoms with Crippen LogP contribution in [0.1, 0.15) is 6.23 Å². The molecule has 0 bridgehead atoms. The number of nitrogens with zero attached hydrogens (tertiary/aromatic N) is 4. The summed E-state index contributed by atoms with van der Waals surface area (Å²) in [5.74, 6) is -0.0464. The van der Waals surface area contributed by atoms with Crippen molar-refractivity contribution in [1.29, 1.82) is 0 Å². The molecule has 2 fully saturated rings. The number of aromatic nitrogens is 4. The van der Waals surface area contributed by atoms with Gasteiger partial charge in [-0.15, -0.1) is 0 Å². The number of nitrogen functional groups attached to an aromatic ring is 1. The number of phosphoric ester groups is 1. The predicted octanol–water partition coefficient (Wildman–Crippen LogP) is -1.54. The third-order valence-corrected chi connectivity index (χ3v) is 8.74. The summed E-state index contributed by atoms with van der Waals surface area (Å²) >= 11 is 0. The van der Waals surface area contributed by atoms with Gasteiger partial charge in [0.2, 0.25) is 0 Å². The van der Waals surface area contributed by atoms with E-state index in [9.17, 15) is 38.1 Å². The molecule has 22 heteroatoms. The van der Waals surface area contributed by atoms with Gasteiger partial charge in [-0.2, -0.15) is 8.62 Å². The highest BCUT2D eigenvalue weighted by Gasteiger charge is 2.86. The van der Waals surface area contributed by atoms with E-state index in [1.165, 1.54) is 0 Å². The second-order valence-corrected chi connectivity index (χ2v) is 11.4. The number of hydrogen-bond acceptors (Lipinski definition) is 13. The summed E-state index contributed by atoms with van der Waals surface area (Å²) in [6, 6.07) is 0. The topological polar surface area (TPSA) is 279 Å². The molecule has 4 rings (SSSR count). The van der Waals surface area contributed by atoms with Crippen molar-refractivity contribution in [2.45, 2.75) is 29.6 Å². The van der Waals surface area contributed by atoms with Crippen molar-refractivity contribution in [2.75, 3.05) is 12.4 Å². The summed E-state index contributed by atoms with van der Waals surface area (Å²) in [6.07, 6.45) is -3.21. The Hall–Kier alpha value is -1.43. The SMILES string of the molecule is Nc1ncnc2c1ncn2[C@@H]1O[C@@H]2C(OP(=O)(O)OP(=O)(O)OP(=O)(O)O)[C@]2(O)[C@]1(O)CF. The minimum absolute atomic E-state index is 0.00582. The number of halogens is 1. The van der Waals surface area contributed by atoms with Crippen molar-refractivity contribution >= 4 is 40.4 Å². The number of hydrogen-bond donors (Lipinski definition) is 7. The second kappa shape index (κ2) is 7.53. The van der Waals surface area contributed by atoms with E-state index >= 15 is 0 Å². The molecule has 1 aliphatic carbocycles. The van der Waals surface area contributed by atoms with Gasteiger partial charge in [-0.1, -0.05) is 0 Å².